The SMILES string of the molecule is CCSc1nc2cc(C(F)(F)F)ccc2c(C)c1C(=O)[O-].[Na+]. The number of carboxylic acid groups (broad SMARTS) is 1. The Morgan fingerprint density at radius 2 is 2.00 bits per heavy atom. The van der Waals surface area contributed by atoms with E-state index in [0.717, 1.165) is 23.9 Å². The van der Waals surface area contributed by atoms with E-state index in [-0.39, 0.29) is 45.7 Å². The molecule has 0 bridgehead atoms. The first-order chi connectivity index (χ1) is 9.75. The van der Waals surface area contributed by atoms with Gasteiger partial charge in [-0.05, 0) is 30.4 Å². The maximum absolute atomic E-state index is 12.7. The van der Waals surface area contributed by atoms with E-state index in [9.17, 15) is 23.1 Å². The zero-order valence-corrected chi connectivity index (χ0v) is 15.1. The van der Waals surface area contributed by atoms with Gasteiger partial charge in [0.25, 0.3) is 0 Å². The molecule has 0 aliphatic heterocycles. The minimum absolute atomic E-state index is 0. The van der Waals surface area contributed by atoms with E-state index >= 15 is 0 Å². The number of thioether (sulfide) groups is 1. The molecule has 2 rings (SSSR count). The minimum Gasteiger partial charge on any atom is -0.545 e. The van der Waals surface area contributed by atoms with Gasteiger partial charge in [0, 0.05) is 10.9 Å². The van der Waals surface area contributed by atoms with Crippen molar-refractivity contribution < 1.29 is 52.6 Å². The molecule has 0 aliphatic carbocycles. The average molecular weight is 337 g/mol. The molecule has 0 aliphatic rings. The quantitative estimate of drug-likeness (QED) is 0.586. The third-order valence-corrected chi connectivity index (χ3v) is 3.88. The summed E-state index contributed by atoms with van der Waals surface area (Å²) in [6, 6.07) is 3.09. The number of carbonyl (C=O) groups is 1. The van der Waals surface area contributed by atoms with E-state index in [2.05, 4.69) is 4.98 Å². The van der Waals surface area contributed by atoms with Crippen molar-refractivity contribution in [3.8, 4) is 0 Å². The van der Waals surface area contributed by atoms with Crippen LogP contribution < -0.4 is 34.7 Å². The Hall–Kier alpha value is -0.760. The number of aromatic carboxylic acids is 1. The Morgan fingerprint density at radius 1 is 1.36 bits per heavy atom. The van der Waals surface area contributed by atoms with Gasteiger partial charge < -0.3 is 9.90 Å². The van der Waals surface area contributed by atoms with E-state index in [1.165, 1.54) is 6.07 Å². The molecule has 1 aromatic carbocycles. The number of nitrogens with zero attached hydrogens (tertiary/aromatic N) is 1. The number of benzene rings is 1. The normalized spacial score (nSPS) is 11.3. The molecular formula is C14H11F3NNaO2S. The molecule has 3 nitrogen and oxygen atoms in total. The van der Waals surface area contributed by atoms with Gasteiger partial charge in [-0.2, -0.15) is 13.2 Å². The van der Waals surface area contributed by atoms with Gasteiger partial charge in [0.15, 0.2) is 0 Å². The van der Waals surface area contributed by atoms with Crippen LogP contribution in [0.2, 0.25) is 0 Å². The monoisotopic (exact) mass is 337 g/mol. The Bertz CT molecular complexity index is 719. The first kappa shape index (κ1) is 19.3. The van der Waals surface area contributed by atoms with E-state index in [4.69, 9.17) is 0 Å². The van der Waals surface area contributed by atoms with Gasteiger partial charge in [-0.25, -0.2) is 4.98 Å². The van der Waals surface area contributed by atoms with Gasteiger partial charge in [-0.1, -0.05) is 13.0 Å². The van der Waals surface area contributed by atoms with E-state index in [1.54, 1.807) is 13.8 Å². The van der Waals surface area contributed by atoms with Crippen LogP contribution in [-0.2, 0) is 6.18 Å². The maximum atomic E-state index is 12.7. The summed E-state index contributed by atoms with van der Waals surface area (Å²) in [5.41, 5.74) is -0.377. The number of alkyl halides is 3. The number of hydrogen-bond donors (Lipinski definition) is 0. The van der Waals surface area contributed by atoms with Crippen LogP contribution >= 0.6 is 11.8 Å². The Morgan fingerprint density at radius 3 is 2.50 bits per heavy atom. The number of carbonyl (C=O) groups excluding carboxylic acids is 1. The second-order valence-corrected chi connectivity index (χ2v) is 5.62. The fraction of sp³-hybridized carbons (Fsp3) is 0.286. The molecule has 8 heteroatoms. The number of carboxylic acids is 1. The van der Waals surface area contributed by atoms with Gasteiger partial charge in [-0.15, -0.1) is 11.8 Å². The standard InChI is InChI=1S/C14H12F3NO2S.Na/c1-3-21-12-11(13(19)20)7(2)9-5-4-8(14(15,16)17)6-10(9)18-12;/h4-6H,3H2,1-2H3,(H,19,20);/q;+1/p-1. The summed E-state index contributed by atoms with van der Waals surface area (Å²) in [7, 11) is 0. The van der Waals surface area contributed by atoms with Crippen molar-refractivity contribution in [2.24, 2.45) is 0 Å². The van der Waals surface area contributed by atoms with Gasteiger partial charge in [-0.3, -0.25) is 0 Å². The molecule has 0 spiro atoms. The molecule has 1 heterocycles. The summed E-state index contributed by atoms with van der Waals surface area (Å²) in [6.45, 7) is 3.35. The van der Waals surface area contributed by atoms with Gasteiger partial charge in [0.1, 0.15) is 5.03 Å². The van der Waals surface area contributed by atoms with Crippen molar-refractivity contribution in [2.75, 3.05) is 5.75 Å². The minimum atomic E-state index is -4.46. The largest absolute Gasteiger partial charge is 1.00 e. The van der Waals surface area contributed by atoms with Crippen molar-refractivity contribution in [2.45, 2.75) is 25.0 Å². The third-order valence-electron chi connectivity index (χ3n) is 3.03. The third kappa shape index (κ3) is 3.76. The summed E-state index contributed by atoms with van der Waals surface area (Å²) in [5.74, 6) is -0.824. The molecule has 0 fully saturated rings. The van der Waals surface area contributed by atoms with E-state index in [1.807, 2.05) is 0 Å². The molecule has 22 heavy (non-hydrogen) atoms. The zero-order valence-electron chi connectivity index (χ0n) is 12.2. The van der Waals surface area contributed by atoms with Crippen molar-refractivity contribution in [3.63, 3.8) is 0 Å². The average Bonchev–Trinajstić information content (AvgIpc) is 2.37. The number of pyridine rings is 1. The molecule has 1 aromatic heterocycles. The summed E-state index contributed by atoms with van der Waals surface area (Å²) in [6.07, 6.45) is -4.46. The van der Waals surface area contributed by atoms with Crippen LogP contribution in [0.3, 0.4) is 0 Å². The van der Waals surface area contributed by atoms with Crippen LogP contribution in [0, 0.1) is 6.92 Å². The number of halogens is 3. The summed E-state index contributed by atoms with van der Waals surface area (Å²) < 4.78 is 38.2. The number of rotatable bonds is 3. The van der Waals surface area contributed by atoms with E-state index in [0.29, 0.717) is 16.7 Å². The summed E-state index contributed by atoms with van der Waals surface area (Å²) in [5, 5.41) is 11.8. The van der Waals surface area contributed by atoms with Crippen molar-refractivity contribution >= 4 is 28.6 Å². The summed E-state index contributed by atoms with van der Waals surface area (Å²) >= 11 is 1.16. The molecule has 0 radical (unpaired) electrons. The van der Waals surface area contributed by atoms with Crippen LogP contribution in [0.5, 0.6) is 0 Å². The molecule has 0 N–H and O–H groups in total. The van der Waals surface area contributed by atoms with Crippen LogP contribution in [0.1, 0.15) is 28.4 Å². The molecule has 0 saturated heterocycles. The van der Waals surface area contributed by atoms with Crippen LogP contribution in [-0.4, -0.2) is 16.7 Å². The predicted molar refractivity (Wildman–Crippen MR) is 72.2 cm³/mol. The molecule has 0 atom stereocenters. The molecular weight excluding hydrogens is 326 g/mol. The Balaban J connectivity index is 0.00000242. The van der Waals surface area contributed by atoms with Gasteiger partial charge in [0.05, 0.1) is 17.0 Å². The van der Waals surface area contributed by atoms with Crippen molar-refractivity contribution in [3.05, 3.63) is 34.9 Å². The first-order valence-electron chi connectivity index (χ1n) is 6.11. The van der Waals surface area contributed by atoms with Crippen LogP contribution in [0.25, 0.3) is 10.9 Å². The smallest absolute Gasteiger partial charge is 0.545 e. The topological polar surface area (TPSA) is 53.0 Å². The number of aryl methyl sites for hydroxylation is 1. The second-order valence-electron chi connectivity index (χ2n) is 4.37. The fourth-order valence-corrected chi connectivity index (χ4v) is 2.88. The molecule has 0 saturated carbocycles. The Kier molecular flexibility index (Phi) is 6.32. The van der Waals surface area contributed by atoms with Crippen molar-refractivity contribution in [1.82, 2.24) is 4.98 Å². The predicted octanol–water partition coefficient (Wildman–Crippen LogP) is 0.0415. The molecule has 112 valence electrons. The summed E-state index contributed by atoms with van der Waals surface area (Å²) in [4.78, 5) is 15.3. The fourth-order valence-electron chi connectivity index (χ4n) is 2.06. The molecule has 0 amide bonds. The number of aromatic nitrogens is 1. The maximum Gasteiger partial charge on any atom is 1.00 e. The zero-order chi connectivity index (χ0) is 15.8. The molecule has 2 aromatic rings. The molecule has 0 unspecified atom stereocenters. The number of hydrogen-bond acceptors (Lipinski definition) is 4. The van der Waals surface area contributed by atoms with Crippen molar-refractivity contribution in [1.29, 1.82) is 0 Å². The second kappa shape index (κ2) is 7.21. The van der Waals surface area contributed by atoms with Crippen LogP contribution in [0.4, 0.5) is 13.2 Å². The van der Waals surface area contributed by atoms with Gasteiger partial charge in [0.2, 0.25) is 0 Å². The Labute approximate surface area is 151 Å². The van der Waals surface area contributed by atoms with E-state index < -0.39 is 17.7 Å². The van der Waals surface area contributed by atoms with Gasteiger partial charge >= 0.3 is 35.7 Å². The number of fused-ring (bicyclic) bond motifs is 1. The first-order valence-corrected chi connectivity index (χ1v) is 7.10. The van der Waals surface area contributed by atoms with Crippen LogP contribution in [0.15, 0.2) is 23.2 Å².